The number of nitrogens with zero attached hydrogens (tertiary/aromatic N) is 2. The number of rotatable bonds is 3. The molecule has 2 N–H and O–H groups in total. The predicted octanol–water partition coefficient (Wildman–Crippen LogP) is 2.21. The molecule has 2 aromatic rings. The summed E-state index contributed by atoms with van der Waals surface area (Å²) in [5.41, 5.74) is 6.95. The van der Waals surface area contributed by atoms with Gasteiger partial charge in [0.05, 0.1) is 12.4 Å². The van der Waals surface area contributed by atoms with Crippen molar-refractivity contribution in [1.82, 2.24) is 9.97 Å². The smallest absolute Gasteiger partial charge is 0.237 e. The van der Waals surface area contributed by atoms with Crippen LogP contribution in [0.3, 0.4) is 0 Å². The van der Waals surface area contributed by atoms with Crippen molar-refractivity contribution >= 4 is 17.2 Å². The van der Waals surface area contributed by atoms with Gasteiger partial charge in [0.15, 0.2) is 0 Å². The molecule has 4 nitrogen and oxygen atoms in total. The van der Waals surface area contributed by atoms with E-state index in [1.807, 2.05) is 31.2 Å². The zero-order valence-electron chi connectivity index (χ0n) is 9.25. The van der Waals surface area contributed by atoms with Crippen molar-refractivity contribution in [3.05, 3.63) is 47.9 Å². The van der Waals surface area contributed by atoms with Crippen molar-refractivity contribution in [3.8, 4) is 11.6 Å². The molecule has 5 heteroatoms. The molecule has 1 aromatic carbocycles. The normalized spacial score (nSPS) is 9.94. The molecule has 86 valence electrons. The molecule has 0 atom stereocenters. The molecule has 0 spiro atoms. The number of hydrogen-bond donors (Lipinski definition) is 1. The summed E-state index contributed by atoms with van der Waals surface area (Å²) in [5.74, 6) is 1.17. The standard InChI is InChI=1S/C12H11N3OS/c1-8-4-2-3-5-10(8)16-11-7-14-9(6-15-11)12(13)17/h2-7H,1H3,(H2,13,17). The maximum atomic E-state index is 5.59. The molecule has 0 radical (unpaired) electrons. The van der Waals surface area contributed by atoms with Crippen molar-refractivity contribution < 1.29 is 4.74 Å². The van der Waals surface area contributed by atoms with Gasteiger partial charge in [0.1, 0.15) is 16.4 Å². The second-order valence-corrected chi connectivity index (χ2v) is 3.91. The first kappa shape index (κ1) is 11.5. The summed E-state index contributed by atoms with van der Waals surface area (Å²) in [6.45, 7) is 1.96. The average Bonchev–Trinajstić information content (AvgIpc) is 2.33. The lowest BCUT2D eigenvalue weighted by atomic mass is 10.2. The van der Waals surface area contributed by atoms with Gasteiger partial charge in [0.25, 0.3) is 0 Å². The van der Waals surface area contributed by atoms with Crippen LogP contribution in [0, 0.1) is 6.92 Å². The minimum absolute atomic E-state index is 0.222. The van der Waals surface area contributed by atoms with Crippen LogP contribution in [0.4, 0.5) is 0 Å². The summed E-state index contributed by atoms with van der Waals surface area (Å²) in [6, 6.07) is 7.69. The lowest BCUT2D eigenvalue weighted by Crippen LogP contribution is -2.11. The Bertz CT molecular complexity index is 540. The first-order chi connectivity index (χ1) is 8.16. The first-order valence-corrected chi connectivity index (χ1v) is 5.43. The van der Waals surface area contributed by atoms with Gasteiger partial charge in [0.2, 0.25) is 5.88 Å². The van der Waals surface area contributed by atoms with Crippen molar-refractivity contribution in [2.24, 2.45) is 5.73 Å². The molecular formula is C12H11N3OS. The fraction of sp³-hybridized carbons (Fsp3) is 0.0833. The van der Waals surface area contributed by atoms with E-state index in [1.54, 1.807) is 0 Å². The van der Waals surface area contributed by atoms with Crippen LogP contribution in [0.2, 0.25) is 0 Å². The summed E-state index contributed by atoms with van der Waals surface area (Å²) < 4.78 is 5.59. The third kappa shape index (κ3) is 2.76. The summed E-state index contributed by atoms with van der Waals surface area (Å²) in [7, 11) is 0. The van der Waals surface area contributed by atoms with Gasteiger partial charge >= 0.3 is 0 Å². The minimum Gasteiger partial charge on any atom is -0.437 e. The number of ether oxygens (including phenoxy) is 1. The molecule has 0 saturated carbocycles. The zero-order valence-corrected chi connectivity index (χ0v) is 10.1. The number of nitrogens with two attached hydrogens (primary N) is 1. The highest BCUT2D eigenvalue weighted by atomic mass is 32.1. The van der Waals surface area contributed by atoms with Gasteiger partial charge in [-0.25, -0.2) is 9.97 Å². The number of thiocarbonyl (C=S) groups is 1. The van der Waals surface area contributed by atoms with Crippen molar-refractivity contribution in [2.45, 2.75) is 6.92 Å². The van der Waals surface area contributed by atoms with Crippen molar-refractivity contribution in [1.29, 1.82) is 0 Å². The summed E-state index contributed by atoms with van der Waals surface area (Å²) in [6.07, 6.45) is 3.00. The molecular weight excluding hydrogens is 234 g/mol. The van der Waals surface area contributed by atoms with E-state index in [2.05, 4.69) is 9.97 Å². The van der Waals surface area contributed by atoms with E-state index in [9.17, 15) is 0 Å². The number of aryl methyl sites for hydroxylation is 1. The second kappa shape index (κ2) is 4.88. The zero-order chi connectivity index (χ0) is 12.3. The van der Waals surface area contributed by atoms with E-state index in [-0.39, 0.29) is 4.99 Å². The monoisotopic (exact) mass is 245 g/mol. The number of para-hydroxylation sites is 1. The highest BCUT2D eigenvalue weighted by Crippen LogP contribution is 2.22. The summed E-state index contributed by atoms with van der Waals surface area (Å²) >= 11 is 4.79. The Hall–Kier alpha value is -2.01. The fourth-order valence-corrected chi connectivity index (χ4v) is 1.39. The van der Waals surface area contributed by atoms with Gasteiger partial charge in [-0.05, 0) is 18.6 Å². The molecule has 0 aliphatic carbocycles. The molecule has 0 bridgehead atoms. The van der Waals surface area contributed by atoms with Gasteiger partial charge in [-0.15, -0.1) is 0 Å². The van der Waals surface area contributed by atoms with Gasteiger partial charge in [-0.1, -0.05) is 30.4 Å². The largest absolute Gasteiger partial charge is 0.437 e. The number of benzene rings is 1. The first-order valence-electron chi connectivity index (χ1n) is 5.02. The summed E-state index contributed by atoms with van der Waals surface area (Å²) in [5, 5.41) is 0. The van der Waals surface area contributed by atoms with Crippen molar-refractivity contribution in [3.63, 3.8) is 0 Å². The van der Waals surface area contributed by atoms with Crippen molar-refractivity contribution in [2.75, 3.05) is 0 Å². The Labute approximate surface area is 104 Å². The molecule has 1 aromatic heterocycles. The highest BCUT2D eigenvalue weighted by molar-refractivity contribution is 7.80. The third-order valence-corrected chi connectivity index (χ3v) is 2.40. The van der Waals surface area contributed by atoms with E-state index in [0.29, 0.717) is 11.6 Å². The number of aromatic nitrogens is 2. The van der Waals surface area contributed by atoms with E-state index in [0.717, 1.165) is 11.3 Å². The molecule has 17 heavy (non-hydrogen) atoms. The second-order valence-electron chi connectivity index (χ2n) is 3.47. The Kier molecular flexibility index (Phi) is 3.30. The highest BCUT2D eigenvalue weighted by Gasteiger charge is 2.03. The Morgan fingerprint density at radius 3 is 2.59 bits per heavy atom. The van der Waals surface area contributed by atoms with Gasteiger partial charge in [-0.3, -0.25) is 0 Å². The SMILES string of the molecule is Cc1ccccc1Oc1cnc(C(N)=S)cn1. The van der Waals surface area contributed by atoms with Crippen LogP contribution in [0.5, 0.6) is 11.6 Å². The lowest BCUT2D eigenvalue weighted by Gasteiger charge is -2.07. The van der Waals surface area contributed by atoms with Crippen LogP contribution in [-0.4, -0.2) is 15.0 Å². The third-order valence-electron chi connectivity index (χ3n) is 2.19. The Balaban J connectivity index is 2.20. The van der Waals surface area contributed by atoms with E-state index < -0.39 is 0 Å². The maximum Gasteiger partial charge on any atom is 0.237 e. The predicted molar refractivity (Wildman–Crippen MR) is 69.2 cm³/mol. The molecule has 0 fully saturated rings. The van der Waals surface area contributed by atoms with Crippen LogP contribution >= 0.6 is 12.2 Å². The molecule has 0 aliphatic heterocycles. The van der Waals surface area contributed by atoms with Gasteiger partial charge in [0, 0.05) is 0 Å². The summed E-state index contributed by atoms with van der Waals surface area (Å²) in [4.78, 5) is 8.36. The topological polar surface area (TPSA) is 61.0 Å². The Morgan fingerprint density at radius 1 is 1.24 bits per heavy atom. The minimum atomic E-state index is 0.222. The number of hydrogen-bond acceptors (Lipinski definition) is 4. The molecule has 2 rings (SSSR count). The van der Waals surface area contributed by atoms with Crippen LogP contribution in [0.1, 0.15) is 11.3 Å². The van der Waals surface area contributed by atoms with E-state index in [1.165, 1.54) is 12.4 Å². The maximum absolute atomic E-state index is 5.59. The van der Waals surface area contributed by atoms with Crippen LogP contribution < -0.4 is 10.5 Å². The van der Waals surface area contributed by atoms with E-state index >= 15 is 0 Å². The molecule has 0 saturated heterocycles. The van der Waals surface area contributed by atoms with Gasteiger partial charge in [-0.2, -0.15) is 0 Å². The van der Waals surface area contributed by atoms with Crippen LogP contribution in [0.25, 0.3) is 0 Å². The molecule has 0 amide bonds. The average molecular weight is 245 g/mol. The van der Waals surface area contributed by atoms with Crippen LogP contribution in [-0.2, 0) is 0 Å². The quantitative estimate of drug-likeness (QED) is 0.840. The fourth-order valence-electron chi connectivity index (χ4n) is 1.28. The molecule has 0 aliphatic rings. The lowest BCUT2D eigenvalue weighted by molar-refractivity contribution is 0.456. The Morgan fingerprint density at radius 2 is 2.00 bits per heavy atom. The molecule has 0 unspecified atom stereocenters. The molecule has 1 heterocycles. The van der Waals surface area contributed by atoms with Gasteiger partial charge < -0.3 is 10.5 Å². The van der Waals surface area contributed by atoms with E-state index in [4.69, 9.17) is 22.7 Å². The van der Waals surface area contributed by atoms with Crippen LogP contribution in [0.15, 0.2) is 36.7 Å².